The molecule has 9 heteroatoms. The maximum absolute atomic E-state index is 13.1. The lowest BCUT2D eigenvalue weighted by Crippen LogP contribution is -2.50. The van der Waals surface area contributed by atoms with Gasteiger partial charge in [0.1, 0.15) is 5.75 Å². The van der Waals surface area contributed by atoms with Crippen LogP contribution in [0, 0.1) is 6.92 Å². The lowest BCUT2D eigenvalue weighted by atomic mass is 10.2. The minimum atomic E-state index is -3.85. The minimum Gasteiger partial charge on any atom is -0.475 e. The Morgan fingerprint density at radius 2 is 1.83 bits per heavy atom. The molecule has 8 nitrogen and oxygen atoms in total. The largest absolute Gasteiger partial charge is 0.475 e. The number of carbonyl (C=O) groups excluding carboxylic acids is 2. The van der Waals surface area contributed by atoms with E-state index >= 15 is 0 Å². The van der Waals surface area contributed by atoms with Crippen LogP contribution in [0.2, 0.25) is 0 Å². The SMILES string of the molecule is CCN(CC(=O)N1CC(C(=O)OC)Oc2ccccc21)S(=O)(=O)c1ccc(C)cc1. The first-order chi connectivity index (χ1) is 14.3. The van der Waals surface area contributed by atoms with Crippen molar-refractivity contribution in [3.63, 3.8) is 0 Å². The van der Waals surface area contributed by atoms with Gasteiger partial charge in [0.2, 0.25) is 22.0 Å². The van der Waals surface area contributed by atoms with Crippen molar-refractivity contribution < 1.29 is 27.5 Å². The number of nitrogens with zero attached hydrogens (tertiary/aromatic N) is 2. The first-order valence-corrected chi connectivity index (χ1v) is 10.9. The summed E-state index contributed by atoms with van der Waals surface area (Å²) in [5.74, 6) is -0.712. The number of benzene rings is 2. The molecule has 0 radical (unpaired) electrons. The predicted molar refractivity (Wildman–Crippen MR) is 111 cm³/mol. The van der Waals surface area contributed by atoms with Gasteiger partial charge in [0.25, 0.3) is 0 Å². The Hall–Kier alpha value is -2.91. The lowest BCUT2D eigenvalue weighted by molar-refractivity contribution is -0.148. The first-order valence-electron chi connectivity index (χ1n) is 9.48. The summed E-state index contributed by atoms with van der Waals surface area (Å²) in [6.07, 6.45) is -0.988. The van der Waals surface area contributed by atoms with Crippen LogP contribution in [0.3, 0.4) is 0 Å². The molecular weight excluding hydrogens is 408 g/mol. The molecule has 0 spiro atoms. The molecule has 1 amide bonds. The van der Waals surface area contributed by atoms with E-state index in [2.05, 4.69) is 0 Å². The predicted octanol–water partition coefficient (Wildman–Crippen LogP) is 1.97. The number of likely N-dealkylation sites (N-methyl/N-ethyl adjacent to an activating group) is 1. The van der Waals surface area contributed by atoms with Gasteiger partial charge in [0, 0.05) is 6.54 Å². The third-order valence-electron chi connectivity index (χ3n) is 4.86. The molecule has 0 saturated carbocycles. The number of ether oxygens (including phenoxy) is 2. The minimum absolute atomic E-state index is 0.0648. The molecule has 160 valence electrons. The Bertz CT molecular complexity index is 1040. The van der Waals surface area contributed by atoms with E-state index < -0.39 is 28.0 Å². The molecule has 0 aromatic heterocycles. The summed E-state index contributed by atoms with van der Waals surface area (Å²) >= 11 is 0. The molecular formula is C21H24N2O6S. The fourth-order valence-electron chi connectivity index (χ4n) is 3.19. The molecule has 0 bridgehead atoms. The molecule has 1 atom stereocenters. The first kappa shape index (κ1) is 21.8. The van der Waals surface area contributed by atoms with E-state index in [1.54, 1.807) is 43.3 Å². The van der Waals surface area contributed by atoms with Gasteiger partial charge >= 0.3 is 5.97 Å². The molecule has 0 aliphatic carbocycles. The van der Waals surface area contributed by atoms with Crippen molar-refractivity contribution >= 4 is 27.6 Å². The highest BCUT2D eigenvalue weighted by molar-refractivity contribution is 7.89. The second kappa shape index (κ2) is 8.85. The number of sulfonamides is 1. The summed E-state index contributed by atoms with van der Waals surface area (Å²) in [6.45, 7) is 3.22. The van der Waals surface area contributed by atoms with Crippen molar-refractivity contribution in [3.05, 3.63) is 54.1 Å². The number of carbonyl (C=O) groups is 2. The van der Waals surface area contributed by atoms with Gasteiger partial charge in [-0.1, -0.05) is 36.8 Å². The summed E-state index contributed by atoms with van der Waals surface area (Å²) in [4.78, 5) is 26.6. The lowest BCUT2D eigenvalue weighted by Gasteiger charge is -2.34. The molecule has 1 heterocycles. The molecule has 0 saturated heterocycles. The number of anilines is 1. The summed E-state index contributed by atoms with van der Waals surface area (Å²) < 4.78 is 37.5. The number of hydrogen-bond donors (Lipinski definition) is 0. The Kier molecular flexibility index (Phi) is 6.42. The van der Waals surface area contributed by atoms with Gasteiger partial charge in [-0.05, 0) is 31.2 Å². The Labute approximate surface area is 176 Å². The molecule has 2 aromatic carbocycles. The molecule has 0 N–H and O–H groups in total. The van der Waals surface area contributed by atoms with Gasteiger partial charge in [-0.2, -0.15) is 4.31 Å². The second-order valence-electron chi connectivity index (χ2n) is 6.85. The van der Waals surface area contributed by atoms with Gasteiger partial charge < -0.3 is 14.4 Å². The normalized spacial score (nSPS) is 16.0. The Morgan fingerprint density at radius 3 is 2.47 bits per heavy atom. The number of fused-ring (bicyclic) bond motifs is 1. The van der Waals surface area contributed by atoms with Crippen LogP contribution in [0.5, 0.6) is 5.75 Å². The summed E-state index contributed by atoms with van der Waals surface area (Å²) in [6, 6.07) is 13.3. The van der Waals surface area contributed by atoms with Gasteiger partial charge in [0.05, 0.1) is 30.8 Å². The molecule has 1 aliphatic heterocycles. The van der Waals surface area contributed by atoms with Crippen molar-refractivity contribution in [1.82, 2.24) is 4.31 Å². The quantitative estimate of drug-likeness (QED) is 0.648. The number of amides is 1. The van der Waals surface area contributed by atoms with Crippen LogP contribution in [-0.2, 0) is 24.3 Å². The van der Waals surface area contributed by atoms with Crippen LogP contribution in [0.1, 0.15) is 12.5 Å². The van der Waals surface area contributed by atoms with Gasteiger partial charge in [-0.15, -0.1) is 0 Å². The zero-order valence-corrected chi connectivity index (χ0v) is 17.9. The summed E-state index contributed by atoms with van der Waals surface area (Å²) in [5.41, 5.74) is 1.42. The molecule has 2 aromatic rings. The van der Waals surface area contributed by atoms with Crippen LogP contribution in [0.4, 0.5) is 5.69 Å². The van der Waals surface area contributed by atoms with E-state index in [-0.39, 0.29) is 24.5 Å². The van der Waals surface area contributed by atoms with Crippen LogP contribution in [0.25, 0.3) is 0 Å². The average molecular weight is 432 g/mol. The van der Waals surface area contributed by atoms with E-state index in [4.69, 9.17) is 9.47 Å². The highest BCUT2D eigenvalue weighted by atomic mass is 32.2. The zero-order valence-electron chi connectivity index (χ0n) is 17.1. The third-order valence-corrected chi connectivity index (χ3v) is 6.80. The van der Waals surface area contributed by atoms with Crippen molar-refractivity contribution in [3.8, 4) is 5.75 Å². The van der Waals surface area contributed by atoms with E-state index in [0.29, 0.717) is 11.4 Å². The fourth-order valence-corrected chi connectivity index (χ4v) is 4.59. The van der Waals surface area contributed by atoms with Crippen molar-refractivity contribution in [2.24, 2.45) is 0 Å². The highest BCUT2D eigenvalue weighted by Gasteiger charge is 2.36. The number of esters is 1. The Balaban J connectivity index is 1.87. The van der Waals surface area contributed by atoms with Crippen LogP contribution >= 0.6 is 0 Å². The Morgan fingerprint density at radius 1 is 1.17 bits per heavy atom. The monoisotopic (exact) mass is 432 g/mol. The van der Waals surface area contributed by atoms with Gasteiger partial charge in [-0.25, -0.2) is 13.2 Å². The van der Waals surface area contributed by atoms with E-state index in [1.807, 2.05) is 6.92 Å². The number of methoxy groups -OCH3 is 1. The van der Waals surface area contributed by atoms with Crippen molar-refractivity contribution in [1.29, 1.82) is 0 Å². The maximum atomic E-state index is 13.1. The van der Waals surface area contributed by atoms with Crippen LogP contribution < -0.4 is 9.64 Å². The summed E-state index contributed by atoms with van der Waals surface area (Å²) in [7, 11) is -2.61. The van der Waals surface area contributed by atoms with Crippen LogP contribution in [0.15, 0.2) is 53.4 Å². The van der Waals surface area contributed by atoms with Crippen molar-refractivity contribution in [2.45, 2.75) is 24.8 Å². The molecule has 3 rings (SSSR count). The maximum Gasteiger partial charge on any atom is 0.348 e. The van der Waals surface area contributed by atoms with Gasteiger partial charge in [0.15, 0.2) is 0 Å². The third kappa shape index (κ3) is 4.31. The molecule has 30 heavy (non-hydrogen) atoms. The smallest absolute Gasteiger partial charge is 0.348 e. The molecule has 1 aliphatic rings. The average Bonchev–Trinajstić information content (AvgIpc) is 2.76. The highest BCUT2D eigenvalue weighted by Crippen LogP contribution is 2.33. The fraction of sp³-hybridized carbons (Fsp3) is 0.333. The zero-order chi connectivity index (χ0) is 21.9. The number of aryl methyl sites for hydroxylation is 1. The van der Waals surface area contributed by atoms with E-state index in [9.17, 15) is 18.0 Å². The van der Waals surface area contributed by atoms with Crippen LogP contribution in [-0.4, -0.2) is 57.4 Å². The standard InChI is InChI=1S/C21H24N2O6S/c1-4-22(30(26,27)16-11-9-15(2)10-12-16)14-20(24)23-13-19(21(25)28-3)29-18-8-6-5-7-17(18)23/h5-12,19H,4,13-14H2,1-3H3. The second-order valence-corrected chi connectivity index (χ2v) is 8.78. The summed E-state index contributed by atoms with van der Waals surface area (Å²) in [5, 5.41) is 0. The number of para-hydroxylation sites is 2. The molecule has 0 fully saturated rings. The topological polar surface area (TPSA) is 93.2 Å². The molecule has 1 unspecified atom stereocenters. The van der Waals surface area contributed by atoms with Gasteiger partial charge in [-0.3, -0.25) is 4.79 Å². The number of rotatable bonds is 6. The van der Waals surface area contributed by atoms with E-state index in [1.165, 1.54) is 24.1 Å². The van der Waals surface area contributed by atoms with Crippen molar-refractivity contribution in [2.75, 3.05) is 31.6 Å². The van der Waals surface area contributed by atoms with E-state index in [0.717, 1.165) is 9.87 Å². The number of hydrogen-bond acceptors (Lipinski definition) is 6.